The smallest absolute Gasteiger partial charge is 0.306 e. The molecule has 2 aliphatic heterocycles. The standard InChI is InChI=1S/C21H30N2O7S2/c1-16(21(25)22-18-11-14-31(26,27)15-18)30-20(24)10-7-17-5-8-19(9-6-17)32(28,29)23-12-3-2-4-13-23/h5-6,8-9,16,18H,2-4,7,10-15H2,1H3,(H,22,25)/t16-,18+/m0/s1. The highest BCUT2D eigenvalue weighted by Crippen LogP contribution is 2.21. The Bertz CT molecular complexity index is 1030. The maximum Gasteiger partial charge on any atom is 0.306 e. The summed E-state index contributed by atoms with van der Waals surface area (Å²) in [5, 5.41) is 2.60. The molecule has 0 unspecified atom stereocenters. The van der Waals surface area contributed by atoms with Crippen LogP contribution in [0.3, 0.4) is 0 Å². The van der Waals surface area contributed by atoms with Gasteiger partial charge in [0.2, 0.25) is 10.0 Å². The van der Waals surface area contributed by atoms with E-state index >= 15 is 0 Å². The van der Waals surface area contributed by atoms with Crippen molar-refractivity contribution < 1.29 is 31.2 Å². The molecule has 1 aromatic rings. The van der Waals surface area contributed by atoms with Crippen LogP contribution < -0.4 is 5.32 Å². The van der Waals surface area contributed by atoms with E-state index in [0.717, 1.165) is 24.8 Å². The second kappa shape index (κ2) is 10.3. The fourth-order valence-electron chi connectivity index (χ4n) is 3.87. The molecule has 1 amide bonds. The highest BCUT2D eigenvalue weighted by molar-refractivity contribution is 7.91. The molecule has 0 aromatic heterocycles. The number of ether oxygens (including phenoxy) is 1. The summed E-state index contributed by atoms with van der Waals surface area (Å²) < 4.78 is 55.0. The lowest BCUT2D eigenvalue weighted by Gasteiger charge is -2.25. The molecule has 0 saturated carbocycles. The monoisotopic (exact) mass is 486 g/mol. The number of sulfonamides is 1. The van der Waals surface area contributed by atoms with Gasteiger partial charge in [-0.25, -0.2) is 16.8 Å². The number of rotatable bonds is 8. The maximum atomic E-state index is 12.7. The highest BCUT2D eigenvalue weighted by atomic mass is 32.2. The van der Waals surface area contributed by atoms with Gasteiger partial charge in [0.15, 0.2) is 15.9 Å². The van der Waals surface area contributed by atoms with Crippen LogP contribution in [0.15, 0.2) is 29.2 Å². The van der Waals surface area contributed by atoms with Gasteiger partial charge in [0.25, 0.3) is 5.91 Å². The van der Waals surface area contributed by atoms with Gasteiger partial charge in [-0.1, -0.05) is 18.6 Å². The molecule has 2 fully saturated rings. The lowest BCUT2D eigenvalue weighted by molar-refractivity contribution is -0.155. The Kier molecular flexibility index (Phi) is 7.94. The second-order valence-electron chi connectivity index (χ2n) is 8.35. The number of hydrogen-bond donors (Lipinski definition) is 1. The SMILES string of the molecule is C[C@H](OC(=O)CCc1ccc(S(=O)(=O)N2CCCCC2)cc1)C(=O)N[C@@H]1CCS(=O)(=O)C1. The lowest BCUT2D eigenvalue weighted by atomic mass is 10.1. The van der Waals surface area contributed by atoms with Crippen molar-refractivity contribution in [3.05, 3.63) is 29.8 Å². The fourth-order valence-corrected chi connectivity index (χ4v) is 7.06. The number of hydrogen-bond acceptors (Lipinski definition) is 7. The number of carbonyl (C=O) groups is 2. The first-order valence-corrected chi connectivity index (χ1v) is 14.1. The quantitative estimate of drug-likeness (QED) is 0.544. The third-order valence-corrected chi connectivity index (χ3v) is 9.43. The molecule has 178 valence electrons. The van der Waals surface area contributed by atoms with Crippen LogP contribution in [0.1, 0.15) is 44.6 Å². The molecule has 9 nitrogen and oxygen atoms in total. The Morgan fingerprint density at radius 3 is 2.41 bits per heavy atom. The molecule has 0 aliphatic carbocycles. The Morgan fingerprint density at radius 1 is 1.16 bits per heavy atom. The average molecular weight is 487 g/mol. The molecular formula is C21H30N2O7S2. The van der Waals surface area contributed by atoms with E-state index in [4.69, 9.17) is 4.74 Å². The van der Waals surface area contributed by atoms with Crippen molar-refractivity contribution >= 4 is 31.7 Å². The molecule has 0 spiro atoms. The van der Waals surface area contributed by atoms with Crippen LogP contribution in [0.2, 0.25) is 0 Å². The van der Waals surface area contributed by atoms with Gasteiger partial charge in [0, 0.05) is 25.6 Å². The Morgan fingerprint density at radius 2 is 1.81 bits per heavy atom. The van der Waals surface area contributed by atoms with Crippen LogP contribution in [-0.4, -0.2) is 69.8 Å². The number of benzene rings is 1. The summed E-state index contributed by atoms with van der Waals surface area (Å²) in [5.41, 5.74) is 0.785. The van der Waals surface area contributed by atoms with Gasteiger partial charge in [0.05, 0.1) is 16.4 Å². The van der Waals surface area contributed by atoms with E-state index in [1.165, 1.54) is 11.2 Å². The lowest BCUT2D eigenvalue weighted by Crippen LogP contribution is -2.42. The number of sulfone groups is 1. The van der Waals surface area contributed by atoms with Gasteiger partial charge >= 0.3 is 5.97 Å². The van der Waals surface area contributed by atoms with Crippen LogP contribution in [0.4, 0.5) is 0 Å². The summed E-state index contributed by atoms with van der Waals surface area (Å²) in [7, 11) is -6.60. The molecule has 1 N–H and O–H groups in total. The van der Waals surface area contributed by atoms with Crippen LogP contribution in [0.25, 0.3) is 0 Å². The van der Waals surface area contributed by atoms with E-state index in [1.807, 2.05) is 0 Å². The zero-order valence-corrected chi connectivity index (χ0v) is 19.8. The van der Waals surface area contributed by atoms with E-state index in [1.54, 1.807) is 24.3 Å². The predicted molar refractivity (Wildman–Crippen MR) is 118 cm³/mol. The van der Waals surface area contributed by atoms with Gasteiger partial charge in [-0.3, -0.25) is 9.59 Å². The zero-order chi connectivity index (χ0) is 23.4. The van der Waals surface area contributed by atoms with E-state index in [2.05, 4.69) is 5.32 Å². The number of esters is 1. The maximum absolute atomic E-state index is 12.7. The van der Waals surface area contributed by atoms with E-state index < -0.39 is 43.9 Å². The number of piperidine rings is 1. The van der Waals surface area contributed by atoms with E-state index in [0.29, 0.717) is 25.9 Å². The van der Waals surface area contributed by atoms with Crippen LogP contribution in [-0.2, 0) is 40.6 Å². The number of carbonyl (C=O) groups excluding carboxylic acids is 2. The molecule has 2 saturated heterocycles. The summed E-state index contributed by atoms with van der Waals surface area (Å²) in [6, 6.07) is 6.02. The van der Waals surface area contributed by atoms with Gasteiger partial charge < -0.3 is 10.1 Å². The summed E-state index contributed by atoms with van der Waals surface area (Å²) in [6.07, 6.45) is 2.50. The van der Waals surface area contributed by atoms with Crippen molar-refractivity contribution in [1.29, 1.82) is 0 Å². The van der Waals surface area contributed by atoms with Gasteiger partial charge in [-0.2, -0.15) is 4.31 Å². The first-order chi connectivity index (χ1) is 15.1. The normalized spacial score (nSPS) is 22.2. The Labute approximate surface area is 189 Å². The minimum Gasteiger partial charge on any atom is -0.453 e. The highest BCUT2D eigenvalue weighted by Gasteiger charge is 2.31. The van der Waals surface area contributed by atoms with Crippen molar-refractivity contribution in [2.75, 3.05) is 24.6 Å². The largest absolute Gasteiger partial charge is 0.453 e. The minimum absolute atomic E-state index is 0.0354. The molecule has 0 radical (unpaired) electrons. The molecule has 32 heavy (non-hydrogen) atoms. The summed E-state index contributed by atoms with van der Waals surface area (Å²) >= 11 is 0. The number of nitrogens with zero attached hydrogens (tertiary/aromatic N) is 1. The van der Waals surface area contributed by atoms with Crippen LogP contribution >= 0.6 is 0 Å². The third-order valence-electron chi connectivity index (χ3n) is 5.75. The van der Waals surface area contributed by atoms with Crippen molar-refractivity contribution in [3.8, 4) is 0 Å². The molecule has 11 heteroatoms. The van der Waals surface area contributed by atoms with Crippen LogP contribution in [0, 0.1) is 0 Å². The predicted octanol–water partition coefficient (Wildman–Crippen LogP) is 1.03. The molecule has 0 bridgehead atoms. The summed E-state index contributed by atoms with van der Waals surface area (Å²) in [5.74, 6) is -1.13. The fraction of sp³-hybridized carbons (Fsp3) is 0.619. The first-order valence-electron chi connectivity index (χ1n) is 10.9. The first kappa shape index (κ1) is 24.7. The van der Waals surface area contributed by atoms with Crippen molar-refractivity contribution in [2.45, 2.75) is 62.5 Å². The molecule has 1 aromatic carbocycles. The topological polar surface area (TPSA) is 127 Å². The Balaban J connectivity index is 1.45. The van der Waals surface area contributed by atoms with Gasteiger partial charge in [0.1, 0.15) is 0 Å². The number of aryl methyl sites for hydroxylation is 1. The Hall–Kier alpha value is -1.98. The molecule has 2 aliphatic rings. The second-order valence-corrected chi connectivity index (χ2v) is 12.5. The average Bonchev–Trinajstić information content (AvgIpc) is 3.11. The van der Waals surface area contributed by atoms with Crippen LogP contribution in [0.5, 0.6) is 0 Å². The zero-order valence-electron chi connectivity index (χ0n) is 18.2. The van der Waals surface area contributed by atoms with Crippen molar-refractivity contribution in [1.82, 2.24) is 9.62 Å². The summed E-state index contributed by atoms with van der Waals surface area (Å²) in [6.45, 7) is 2.52. The van der Waals surface area contributed by atoms with Crippen molar-refractivity contribution in [3.63, 3.8) is 0 Å². The number of amides is 1. The molecular weight excluding hydrogens is 456 g/mol. The number of nitrogens with one attached hydrogen (secondary N) is 1. The molecule has 2 atom stereocenters. The van der Waals surface area contributed by atoms with Gasteiger partial charge in [-0.05, 0) is 50.3 Å². The van der Waals surface area contributed by atoms with E-state index in [9.17, 15) is 26.4 Å². The molecule has 2 heterocycles. The van der Waals surface area contributed by atoms with Crippen molar-refractivity contribution in [2.24, 2.45) is 0 Å². The minimum atomic E-state index is -3.49. The van der Waals surface area contributed by atoms with E-state index in [-0.39, 0.29) is 22.8 Å². The third kappa shape index (κ3) is 6.52. The van der Waals surface area contributed by atoms with Gasteiger partial charge in [-0.15, -0.1) is 0 Å². The summed E-state index contributed by atoms with van der Waals surface area (Å²) in [4.78, 5) is 24.5. The molecule has 3 rings (SSSR count).